The molecule has 1 atom stereocenters. The highest BCUT2D eigenvalue weighted by Crippen LogP contribution is 2.35. The van der Waals surface area contributed by atoms with Crippen LogP contribution >= 0.6 is 35.3 Å². The van der Waals surface area contributed by atoms with Crippen LogP contribution in [0.1, 0.15) is 16.5 Å². The predicted molar refractivity (Wildman–Crippen MR) is 89.3 cm³/mol. The van der Waals surface area contributed by atoms with Crippen molar-refractivity contribution in [3.05, 3.63) is 57.0 Å². The highest BCUT2D eigenvalue weighted by atomic mass is 35.5. The molecule has 6 heteroatoms. The minimum Gasteiger partial charge on any atom is -0.314 e. The van der Waals surface area contributed by atoms with E-state index < -0.39 is 0 Å². The topological polar surface area (TPSA) is 15.3 Å². The van der Waals surface area contributed by atoms with Gasteiger partial charge >= 0.3 is 0 Å². The Hall–Kier alpha value is -0.650. The SMILES string of the molecule is Cl.Fc1c(Cl)cccc1[C@@H](c1cccs1)N1CCNCC1. The molecule has 0 unspecified atom stereocenters. The van der Waals surface area contributed by atoms with Crippen molar-refractivity contribution in [2.75, 3.05) is 26.2 Å². The molecule has 2 heterocycles. The van der Waals surface area contributed by atoms with Crippen molar-refractivity contribution in [2.24, 2.45) is 0 Å². The number of nitrogens with one attached hydrogen (secondary N) is 1. The summed E-state index contributed by atoms with van der Waals surface area (Å²) in [7, 11) is 0. The first-order valence-corrected chi connectivity index (χ1v) is 7.95. The van der Waals surface area contributed by atoms with Crippen LogP contribution in [-0.2, 0) is 0 Å². The van der Waals surface area contributed by atoms with Crippen LogP contribution in [-0.4, -0.2) is 31.1 Å². The van der Waals surface area contributed by atoms with Gasteiger partial charge in [-0.15, -0.1) is 23.7 Å². The van der Waals surface area contributed by atoms with E-state index in [9.17, 15) is 4.39 Å². The van der Waals surface area contributed by atoms with Gasteiger partial charge in [-0.1, -0.05) is 29.8 Å². The molecule has 0 bridgehead atoms. The molecule has 0 spiro atoms. The fourth-order valence-electron chi connectivity index (χ4n) is 2.65. The van der Waals surface area contributed by atoms with Crippen molar-refractivity contribution in [3.63, 3.8) is 0 Å². The first-order chi connectivity index (χ1) is 9.77. The standard InChI is InChI=1S/C15H16ClFN2S.ClH/c16-12-4-1-3-11(14(12)17)15(13-5-2-10-20-13)19-8-6-18-7-9-19;/h1-5,10,15,18H,6-9H2;1H/t15-;/m0./s1. The summed E-state index contributed by atoms with van der Waals surface area (Å²) in [6.07, 6.45) is 0. The first kappa shape index (κ1) is 16.7. The van der Waals surface area contributed by atoms with E-state index in [0.29, 0.717) is 5.56 Å². The Kier molecular flexibility index (Phi) is 6.02. The van der Waals surface area contributed by atoms with E-state index in [1.807, 2.05) is 23.6 Å². The lowest BCUT2D eigenvalue weighted by Gasteiger charge is -2.35. The van der Waals surface area contributed by atoms with Crippen LogP contribution in [0, 0.1) is 5.82 Å². The van der Waals surface area contributed by atoms with E-state index in [2.05, 4.69) is 16.3 Å². The predicted octanol–water partition coefficient (Wildman–Crippen LogP) is 3.96. The van der Waals surface area contributed by atoms with E-state index in [-0.39, 0.29) is 29.3 Å². The number of rotatable bonds is 3. The molecule has 114 valence electrons. The van der Waals surface area contributed by atoms with Gasteiger partial charge in [-0.3, -0.25) is 4.90 Å². The second-order valence-electron chi connectivity index (χ2n) is 4.85. The maximum Gasteiger partial charge on any atom is 0.146 e. The van der Waals surface area contributed by atoms with E-state index in [4.69, 9.17) is 11.6 Å². The summed E-state index contributed by atoms with van der Waals surface area (Å²) in [5.74, 6) is -0.300. The van der Waals surface area contributed by atoms with Gasteiger partial charge in [0, 0.05) is 36.6 Å². The van der Waals surface area contributed by atoms with Gasteiger partial charge in [0.1, 0.15) is 5.82 Å². The molecule has 3 rings (SSSR count). The van der Waals surface area contributed by atoms with E-state index in [1.165, 1.54) is 0 Å². The normalized spacial score (nSPS) is 17.2. The fraction of sp³-hybridized carbons (Fsp3) is 0.333. The molecule has 1 saturated heterocycles. The van der Waals surface area contributed by atoms with Gasteiger partial charge in [-0.25, -0.2) is 4.39 Å². The smallest absolute Gasteiger partial charge is 0.146 e. The van der Waals surface area contributed by atoms with Crippen LogP contribution in [0.2, 0.25) is 5.02 Å². The number of hydrogen-bond acceptors (Lipinski definition) is 3. The van der Waals surface area contributed by atoms with E-state index >= 15 is 0 Å². The first-order valence-electron chi connectivity index (χ1n) is 6.69. The minimum atomic E-state index is -0.300. The molecule has 2 aromatic rings. The molecule has 1 fully saturated rings. The molecule has 1 aliphatic heterocycles. The van der Waals surface area contributed by atoms with Gasteiger partial charge in [0.2, 0.25) is 0 Å². The van der Waals surface area contributed by atoms with Crippen molar-refractivity contribution in [3.8, 4) is 0 Å². The average Bonchev–Trinajstić information content (AvgIpc) is 2.99. The largest absolute Gasteiger partial charge is 0.314 e. The van der Waals surface area contributed by atoms with Crippen LogP contribution < -0.4 is 5.32 Å². The van der Waals surface area contributed by atoms with Gasteiger partial charge in [-0.05, 0) is 17.5 Å². The van der Waals surface area contributed by atoms with Crippen LogP contribution in [0.15, 0.2) is 35.7 Å². The molecule has 1 aliphatic rings. The Morgan fingerprint density at radius 1 is 1.19 bits per heavy atom. The molecule has 0 radical (unpaired) electrons. The summed E-state index contributed by atoms with van der Waals surface area (Å²) in [6, 6.07) is 9.30. The third-order valence-electron chi connectivity index (χ3n) is 3.61. The van der Waals surface area contributed by atoms with Gasteiger partial charge in [-0.2, -0.15) is 0 Å². The van der Waals surface area contributed by atoms with Gasteiger partial charge in [0.25, 0.3) is 0 Å². The highest BCUT2D eigenvalue weighted by Gasteiger charge is 2.27. The lowest BCUT2D eigenvalue weighted by molar-refractivity contribution is 0.197. The molecule has 0 aliphatic carbocycles. The summed E-state index contributed by atoms with van der Waals surface area (Å²) >= 11 is 7.62. The number of hydrogen-bond donors (Lipinski definition) is 1. The molecule has 1 aromatic heterocycles. The molecular weight excluding hydrogens is 330 g/mol. The monoisotopic (exact) mass is 346 g/mol. The Balaban J connectivity index is 0.00000161. The van der Waals surface area contributed by atoms with Crippen molar-refractivity contribution in [1.29, 1.82) is 0 Å². The third-order valence-corrected chi connectivity index (χ3v) is 4.82. The van der Waals surface area contributed by atoms with E-state index in [0.717, 1.165) is 31.1 Å². The average molecular weight is 347 g/mol. The number of benzene rings is 1. The van der Waals surface area contributed by atoms with Crippen molar-refractivity contribution < 1.29 is 4.39 Å². The number of halogens is 3. The molecule has 2 nitrogen and oxygen atoms in total. The maximum atomic E-state index is 14.4. The number of nitrogens with zero attached hydrogens (tertiary/aromatic N) is 1. The van der Waals surface area contributed by atoms with Crippen LogP contribution in [0.25, 0.3) is 0 Å². The van der Waals surface area contributed by atoms with Crippen LogP contribution in [0.5, 0.6) is 0 Å². The zero-order chi connectivity index (χ0) is 13.9. The maximum absolute atomic E-state index is 14.4. The highest BCUT2D eigenvalue weighted by molar-refractivity contribution is 7.10. The van der Waals surface area contributed by atoms with Gasteiger partial charge in [0.15, 0.2) is 0 Å². The Morgan fingerprint density at radius 3 is 2.62 bits per heavy atom. The van der Waals surface area contributed by atoms with Crippen molar-refractivity contribution in [1.82, 2.24) is 10.2 Å². The summed E-state index contributed by atoms with van der Waals surface area (Å²) in [4.78, 5) is 3.48. The van der Waals surface area contributed by atoms with Gasteiger partial charge in [0.05, 0.1) is 11.1 Å². The third kappa shape index (κ3) is 3.58. The lowest BCUT2D eigenvalue weighted by Crippen LogP contribution is -2.45. The van der Waals surface area contributed by atoms with Crippen LogP contribution in [0.3, 0.4) is 0 Å². The zero-order valence-corrected chi connectivity index (χ0v) is 13.8. The number of thiophene rings is 1. The molecule has 21 heavy (non-hydrogen) atoms. The summed E-state index contributed by atoms with van der Waals surface area (Å²) < 4.78 is 14.4. The molecule has 0 amide bonds. The lowest BCUT2D eigenvalue weighted by atomic mass is 10.0. The summed E-state index contributed by atoms with van der Waals surface area (Å²) in [5.41, 5.74) is 0.668. The fourth-order valence-corrected chi connectivity index (χ4v) is 3.71. The second-order valence-corrected chi connectivity index (χ2v) is 6.23. The number of piperazine rings is 1. The Bertz CT molecular complexity index is 571. The van der Waals surface area contributed by atoms with Crippen LogP contribution in [0.4, 0.5) is 4.39 Å². The molecular formula is C15H17Cl2FN2S. The van der Waals surface area contributed by atoms with E-state index in [1.54, 1.807) is 17.4 Å². The second kappa shape index (κ2) is 7.56. The zero-order valence-electron chi connectivity index (χ0n) is 11.4. The van der Waals surface area contributed by atoms with Crippen molar-refractivity contribution in [2.45, 2.75) is 6.04 Å². The quantitative estimate of drug-likeness (QED) is 0.904. The minimum absolute atomic E-state index is 0. The molecule has 1 N–H and O–H groups in total. The Morgan fingerprint density at radius 2 is 1.95 bits per heavy atom. The Labute approximate surface area is 139 Å². The summed E-state index contributed by atoms with van der Waals surface area (Å²) in [5, 5.41) is 5.56. The van der Waals surface area contributed by atoms with Gasteiger partial charge < -0.3 is 5.32 Å². The summed E-state index contributed by atoms with van der Waals surface area (Å²) in [6.45, 7) is 3.69. The van der Waals surface area contributed by atoms with Crippen molar-refractivity contribution >= 4 is 35.3 Å². The molecule has 1 aromatic carbocycles. The molecule has 0 saturated carbocycles.